The van der Waals surface area contributed by atoms with Crippen LogP contribution < -0.4 is 15.4 Å². The Morgan fingerprint density at radius 3 is 2.67 bits per heavy atom. The maximum absolute atomic E-state index is 12.8. The summed E-state index contributed by atoms with van der Waals surface area (Å²) in [6.07, 6.45) is 10.3. The van der Waals surface area contributed by atoms with Crippen LogP contribution >= 0.6 is 0 Å². The highest BCUT2D eigenvalue weighted by atomic mass is 16.5. The molecule has 4 rings (SSSR count). The maximum atomic E-state index is 12.8. The van der Waals surface area contributed by atoms with Crippen LogP contribution in [0.25, 0.3) is 11.5 Å². The minimum atomic E-state index is -0.565. The lowest BCUT2D eigenvalue weighted by atomic mass is 9.83. The molecule has 0 aromatic carbocycles. The molecule has 0 radical (unpaired) electrons. The third-order valence-corrected chi connectivity index (χ3v) is 6.06. The van der Waals surface area contributed by atoms with E-state index in [1.807, 2.05) is 11.6 Å². The summed E-state index contributed by atoms with van der Waals surface area (Å²) in [4.78, 5) is 33.7. The van der Waals surface area contributed by atoms with Crippen LogP contribution in [0.1, 0.15) is 48.4 Å². The summed E-state index contributed by atoms with van der Waals surface area (Å²) >= 11 is 0. The van der Waals surface area contributed by atoms with Crippen molar-refractivity contribution in [3.63, 3.8) is 0 Å². The molecule has 3 aromatic heterocycles. The summed E-state index contributed by atoms with van der Waals surface area (Å²) in [7, 11) is 3.49. The van der Waals surface area contributed by atoms with E-state index >= 15 is 0 Å². The molecular formula is C24H29N5O4. The van der Waals surface area contributed by atoms with Crippen LogP contribution in [0.5, 0.6) is 5.75 Å². The number of amides is 2. The highest BCUT2D eigenvalue weighted by molar-refractivity contribution is 5.96. The lowest BCUT2D eigenvalue weighted by Gasteiger charge is -2.29. The van der Waals surface area contributed by atoms with Gasteiger partial charge >= 0.3 is 0 Å². The topological polar surface area (TPSA) is 111 Å². The summed E-state index contributed by atoms with van der Waals surface area (Å²) in [6.45, 7) is 0.385. The molecule has 3 heterocycles. The largest absolute Gasteiger partial charge is 0.486 e. The van der Waals surface area contributed by atoms with E-state index in [9.17, 15) is 9.59 Å². The first kappa shape index (κ1) is 22.6. The van der Waals surface area contributed by atoms with E-state index in [0.717, 1.165) is 31.4 Å². The highest BCUT2D eigenvalue weighted by Crippen LogP contribution is 2.27. The average molecular weight is 452 g/mol. The smallest absolute Gasteiger partial charge is 0.287 e. The predicted molar refractivity (Wildman–Crippen MR) is 121 cm³/mol. The fraction of sp³-hybridized carbons (Fsp3) is 0.417. The number of carbonyl (C=O) groups excluding carboxylic acids is 2. The van der Waals surface area contributed by atoms with E-state index < -0.39 is 11.9 Å². The van der Waals surface area contributed by atoms with Crippen molar-refractivity contribution in [2.45, 2.75) is 44.8 Å². The quantitative estimate of drug-likeness (QED) is 0.544. The molecule has 3 aromatic rings. The van der Waals surface area contributed by atoms with Crippen LogP contribution in [0.2, 0.25) is 0 Å². The van der Waals surface area contributed by atoms with Gasteiger partial charge in [0.1, 0.15) is 24.1 Å². The summed E-state index contributed by atoms with van der Waals surface area (Å²) in [5.74, 6) is 0.783. The second kappa shape index (κ2) is 10.3. The van der Waals surface area contributed by atoms with Gasteiger partial charge in [0, 0.05) is 14.1 Å². The fourth-order valence-electron chi connectivity index (χ4n) is 4.12. The van der Waals surface area contributed by atoms with Gasteiger partial charge in [-0.25, -0.2) is 9.97 Å². The normalized spacial score (nSPS) is 15.1. The van der Waals surface area contributed by atoms with Crippen molar-refractivity contribution >= 4 is 11.8 Å². The van der Waals surface area contributed by atoms with Gasteiger partial charge in [-0.05, 0) is 43.0 Å². The lowest BCUT2D eigenvalue weighted by molar-refractivity contribution is -0.124. The van der Waals surface area contributed by atoms with Gasteiger partial charge in [0.05, 0.1) is 24.4 Å². The van der Waals surface area contributed by atoms with Gasteiger partial charge in [-0.15, -0.1) is 0 Å². The Kier molecular flexibility index (Phi) is 7.07. The molecule has 1 saturated carbocycles. The summed E-state index contributed by atoms with van der Waals surface area (Å²) in [5, 5.41) is 5.54. The zero-order chi connectivity index (χ0) is 23.2. The minimum Gasteiger partial charge on any atom is -0.486 e. The second-order valence-corrected chi connectivity index (χ2v) is 8.29. The Balaban J connectivity index is 1.39. The monoisotopic (exact) mass is 451 g/mol. The van der Waals surface area contributed by atoms with E-state index in [4.69, 9.17) is 9.15 Å². The number of ether oxygens (including phenoxy) is 1. The SMILES string of the molecule is CNC(=O)C(NC(=O)c1ccc(-c2ccc(OCc3cncn3C)cn2)o1)C1CCCCC1. The molecule has 9 heteroatoms. The van der Waals surface area contributed by atoms with Gasteiger partial charge < -0.3 is 24.4 Å². The van der Waals surface area contributed by atoms with E-state index in [-0.39, 0.29) is 17.6 Å². The van der Waals surface area contributed by atoms with Crippen molar-refractivity contribution in [3.8, 4) is 17.2 Å². The number of likely N-dealkylation sites (N-methyl/N-ethyl adjacent to an activating group) is 1. The lowest BCUT2D eigenvalue weighted by Crippen LogP contribution is -2.50. The Hall–Kier alpha value is -3.62. The number of carbonyl (C=O) groups is 2. The second-order valence-electron chi connectivity index (χ2n) is 8.29. The van der Waals surface area contributed by atoms with E-state index in [1.165, 1.54) is 6.42 Å². The van der Waals surface area contributed by atoms with Crippen LogP contribution in [0.3, 0.4) is 0 Å². The first-order chi connectivity index (χ1) is 16.0. The zero-order valence-corrected chi connectivity index (χ0v) is 18.9. The number of aromatic nitrogens is 3. The number of pyridine rings is 1. The van der Waals surface area contributed by atoms with E-state index in [0.29, 0.717) is 23.8 Å². The summed E-state index contributed by atoms with van der Waals surface area (Å²) in [6, 6.07) is 6.30. The third kappa shape index (κ3) is 5.42. The fourth-order valence-corrected chi connectivity index (χ4v) is 4.12. The summed E-state index contributed by atoms with van der Waals surface area (Å²) < 4.78 is 13.4. The zero-order valence-electron chi connectivity index (χ0n) is 18.9. The molecule has 9 nitrogen and oxygen atoms in total. The molecule has 1 unspecified atom stereocenters. The van der Waals surface area contributed by atoms with Gasteiger partial charge in [-0.3, -0.25) is 9.59 Å². The highest BCUT2D eigenvalue weighted by Gasteiger charge is 2.31. The van der Waals surface area contributed by atoms with Crippen molar-refractivity contribution in [2.75, 3.05) is 7.05 Å². The van der Waals surface area contributed by atoms with Crippen molar-refractivity contribution in [1.82, 2.24) is 25.2 Å². The molecule has 1 aliphatic rings. The molecule has 174 valence electrons. The number of rotatable bonds is 8. The van der Waals surface area contributed by atoms with Crippen molar-refractivity contribution in [2.24, 2.45) is 13.0 Å². The molecule has 0 bridgehead atoms. The van der Waals surface area contributed by atoms with E-state index in [2.05, 4.69) is 20.6 Å². The van der Waals surface area contributed by atoms with Gasteiger partial charge in [0.25, 0.3) is 5.91 Å². The average Bonchev–Trinajstić information content (AvgIpc) is 3.51. The van der Waals surface area contributed by atoms with Gasteiger partial charge in [-0.1, -0.05) is 19.3 Å². The molecule has 2 amide bonds. The Bertz CT molecular complexity index is 1080. The molecular weight excluding hydrogens is 422 g/mol. The molecule has 0 saturated heterocycles. The number of furan rings is 1. The van der Waals surface area contributed by atoms with Gasteiger partial charge in [0.2, 0.25) is 5.91 Å². The molecule has 1 aliphatic carbocycles. The minimum absolute atomic E-state index is 0.137. The van der Waals surface area contributed by atoms with Crippen LogP contribution in [0.15, 0.2) is 47.4 Å². The first-order valence-electron chi connectivity index (χ1n) is 11.2. The van der Waals surface area contributed by atoms with Crippen molar-refractivity contribution < 1.29 is 18.7 Å². The number of hydrogen-bond acceptors (Lipinski definition) is 6. The van der Waals surface area contributed by atoms with Gasteiger partial charge in [-0.2, -0.15) is 0 Å². The third-order valence-electron chi connectivity index (χ3n) is 6.06. The molecule has 0 spiro atoms. The summed E-state index contributed by atoms with van der Waals surface area (Å²) in [5.41, 5.74) is 1.53. The maximum Gasteiger partial charge on any atom is 0.287 e. The molecule has 0 aliphatic heterocycles. The number of nitrogens with one attached hydrogen (secondary N) is 2. The molecule has 1 fully saturated rings. The Morgan fingerprint density at radius 1 is 1.18 bits per heavy atom. The van der Waals surface area contributed by atoms with Crippen molar-refractivity contribution in [1.29, 1.82) is 0 Å². The predicted octanol–water partition coefficient (Wildman–Crippen LogP) is 3.08. The van der Waals surface area contributed by atoms with Crippen LogP contribution in [0, 0.1) is 5.92 Å². The molecule has 33 heavy (non-hydrogen) atoms. The first-order valence-corrected chi connectivity index (χ1v) is 11.2. The Labute approximate surface area is 192 Å². The number of nitrogens with zero attached hydrogens (tertiary/aromatic N) is 3. The molecule has 2 N–H and O–H groups in total. The van der Waals surface area contributed by atoms with Crippen LogP contribution in [-0.4, -0.2) is 39.4 Å². The standard InChI is InChI=1S/C24H29N5O4/c1-25-24(31)22(16-6-4-3-5-7-16)28-23(30)21-11-10-20(33-21)19-9-8-18(13-27-19)32-14-17-12-26-15-29(17)2/h8-13,15-16,22H,3-7,14H2,1-2H3,(H,25,31)(H,28,30). The Morgan fingerprint density at radius 2 is 2.00 bits per heavy atom. The number of hydrogen-bond donors (Lipinski definition) is 2. The van der Waals surface area contributed by atoms with Crippen LogP contribution in [-0.2, 0) is 18.4 Å². The van der Waals surface area contributed by atoms with Gasteiger partial charge in [0.15, 0.2) is 11.5 Å². The number of aryl methyl sites for hydroxylation is 1. The molecule has 1 atom stereocenters. The number of imidazole rings is 1. The van der Waals surface area contributed by atoms with Crippen molar-refractivity contribution in [3.05, 3.63) is 54.4 Å². The van der Waals surface area contributed by atoms with Crippen LogP contribution in [0.4, 0.5) is 0 Å². The van der Waals surface area contributed by atoms with E-state index in [1.54, 1.807) is 50.0 Å².